The monoisotopic (exact) mass is 405 g/mol. The second-order valence-electron chi connectivity index (χ2n) is 6.57. The average Bonchev–Trinajstić information content (AvgIpc) is 3.14. The van der Waals surface area contributed by atoms with Crippen LogP contribution >= 0.6 is 0 Å². The molecular formula is C19H18F3N5O2. The first-order valence-corrected chi connectivity index (χ1v) is 8.57. The van der Waals surface area contributed by atoms with E-state index in [2.05, 4.69) is 15.4 Å². The summed E-state index contributed by atoms with van der Waals surface area (Å²) in [6.45, 7) is 1.16. The maximum Gasteiger partial charge on any atom is 0.253 e. The zero-order valence-electron chi connectivity index (χ0n) is 15.3. The van der Waals surface area contributed by atoms with E-state index in [9.17, 15) is 23.1 Å². The number of nitrogen functional groups attached to an aromatic ring is 1. The molecule has 0 unspecified atom stereocenters. The largest absolute Gasteiger partial charge is 0.398 e. The van der Waals surface area contributed by atoms with E-state index >= 15 is 0 Å². The molecule has 0 saturated heterocycles. The number of rotatable bonds is 6. The molecule has 0 aliphatic heterocycles. The molecular weight excluding hydrogens is 387 g/mol. The molecule has 1 amide bonds. The molecule has 2 atom stereocenters. The Labute approximate surface area is 164 Å². The Hall–Kier alpha value is -3.40. The number of carbonyl (C=O) groups is 1. The Bertz CT molecular complexity index is 1030. The minimum Gasteiger partial charge on any atom is -0.398 e. The summed E-state index contributed by atoms with van der Waals surface area (Å²) >= 11 is 0. The summed E-state index contributed by atoms with van der Waals surface area (Å²) in [5, 5.41) is 17.8. The van der Waals surface area contributed by atoms with Crippen molar-refractivity contribution in [3.05, 3.63) is 77.6 Å². The first-order valence-electron chi connectivity index (χ1n) is 8.57. The third-order valence-corrected chi connectivity index (χ3v) is 4.59. The van der Waals surface area contributed by atoms with E-state index in [1.165, 1.54) is 30.3 Å². The summed E-state index contributed by atoms with van der Waals surface area (Å²) in [6.07, 6.45) is 2.53. The highest BCUT2D eigenvalue weighted by molar-refractivity contribution is 5.99. The molecule has 29 heavy (non-hydrogen) atoms. The van der Waals surface area contributed by atoms with Crippen LogP contribution < -0.4 is 11.1 Å². The first kappa shape index (κ1) is 20.3. The first-order chi connectivity index (χ1) is 13.7. The van der Waals surface area contributed by atoms with Gasteiger partial charge in [-0.1, -0.05) is 6.07 Å². The Morgan fingerprint density at radius 1 is 1.24 bits per heavy atom. The highest BCUT2D eigenvalue weighted by Gasteiger charge is 2.40. The number of aliphatic hydroxyl groups is 1. The van der Waals surface area contributed by atoms with Crippen LogP contribution in [0.3, 0.4) is 0 Å². The van der Waals surface area contributed by atoms with Crippen molar-refractivity contribution in [2.45, 2.75) is 25.1 Å². The molecule has 3 rings (SSSR count). The maximum atomic E-state index is 14.5. The predicted octanol–water partition coefficient (Wildman–Crippen LogP) is 1.98. The van der Waals surface area contributed by atoms with Crippen LogP contribution in [0.2, 0.25) is 0 Å². The molecule has 0 aliphatic rings. The van der Waals surface area contributed by atoms with Gasteiger partial charge in [-0.25, -0.2) is 22.8 Å². The van der Waals surface area contributed by atoms with Crippen molar-refractivity contribution in [1.82, 2.24) is 20.1 Å². The summed E-state index contributed by atoms with van der Waals surface area (Å²) in [6, 6.07) is 4.89. The number of aromatic nitrogens is 3. The molecule has 0 saturated carbocycles. The van der Waals surface area contributed by atoms with Gasteiger partial charge in [-0.3, -0.25) is 4.79 Å². The number of amides is 1. The van der Waals surface area contributed by atoms with E-state index < -0.39 is 35.0 Å². The third kappa shape index (κ3) is 4.21. The lowest BCUT2D eigenvalue weighted by atomic mass is 9.86. The van der Waals surface area contributed by atoms with Gasteiger partial charge in [0, 0.05) is 17.3 Å². The smallest absolute Gasteiger partial charge is 0.253 e. The normalized spacial score (nSPS) is 14.2. The van der Waals surface area contributed by atoms with Crippen LogP contribution in [-0.2, 0) is 12.1 Å². The molecule has 4 N–H and O–H groups in total. The van der Waals surface area contributed by atoms with Gasteiger partial charge < -0.3 is 16.2 Å². The van der Waals surface area contributed by atoms with Gasteiger partial charge in [0.05, 0.1) is 18.2 Å². The fourth-order valence-electron chi connectivity index (χ4n) is 2.99. The molecule has 3 aromatic rings. The van der Waals surface area contributed by atoms with Crippen molar-refractivity contribution in [2.75, 3.05) is 5.73 Å². The number of nitrogens with one attached hydrogen (secondary N) is 1. The van der Waals surface area contributed by atoms with Gasteiger partial charge in [-0.15, -0.1) is 0 Å². The molecule has 0 fully saturated rings. The van der Waals surface area contributed by atoms with Crippen molar-refractivity contribution in [3.63, 3.8) is 0 Å². The quantitative estimate of drug-likeness (QED) is 0.544. The number of hydrogen-bond acceptors (Lipinski definition) is 5. The second-order valence-corrected chi connectivity index (χ2v) is 6.57. The Morgan fingerprint density at radius 2 is 1.93 bits per heavy atom. The van der Waals surface area contributed by atoms with Crippen LogP contribution in [-0.4, -0.2) is 31.8 Å². The SMILES string of the molecule is C[C@@H](NC(=O)c1ccc(F)cc1N)[C@](O)(Cn1cncn1)c1ccc(F)cc1F. The number of halogens is 3. The van der Waals surface area contributed by atoms with Crippen LogP contribution in [0.5, 0.6) is 0 Å². The average molecular weight is 405 g/mol. The van der Waals surface area contributed by atoms with Gasteiger partial charge in [0.1, 0.15) is 35.7 Å². The molecule has 1 heterocycles. The van der Waals surface area contributed by atoms with Crippen LogP contribution in [0.15, 0.2) is 49.1 Å². The van der Waals surface area contributed by atoms with Gasteiger partial charge in [-0.05, 0) is 31.2 Å². The zero-order valence-corrected chi connectivity index (χ0v) is 15.3. The number of nitrogens with zero attached hydrogens (tertiary/aromatic N) is 3. The predicted molar refractivity (Wildman–Crippen MR) is 98.0 cm³/mol. The van der Waals surface area contributed by atoms with Crippen LogP contribution in [0, 0.1) is 17.5 Å². The van der Waals surface area contributed by atoms with Crippen LogP contribution in [0.1, 0.15) is 22.8 Å². The fourth-order valence-corrected chi connectivity index (χ4v) is 2.99. The Balaban J connectivity index is 1.95. The van der Waals surface area contributed by atoms with Crippen LogP contribution in [0.4, 0.5) is 18.9 Å². The molecule has 0 aliphatic carbocycles. The molecule has 2 aromatic carbocycles. The summed E-state index contributed by atoms with van der Waals surface area (Å²) in [4.78, 5) is 16.4. The van der Waals surface area contributed by atoms with Crippen LogP contribution in [0.25, 0.3) is 0 Å². The van der Waals surface area contributed by atoms with Gasteiger partial charge in [-0.2, -0.15) is 5.10 Å². The van der Waals surface area contributed by atoms with Crippen molar-refractivity contribution >= 4 is 11.6 Å². The van der Waals surface area contributed by atoms with E-state index in [1.807, 2.05) is 0 Å². The lowest BCUT2D eigenvalue weighted by Crippen LogP contribution is -2.52. The second kappa shape index (κ2) is 7.92. The molecule has 7 nitrogen and oxygen atoms in total. The van der Waals surface area contributed by atoms with E-state index in [-0.39, 0.29) is 23.4 Å². The standard InChI is InChI=1S/C19H18F3N5O2/c1-11(26-18(28)14-4-2-13(21)7-17(14)23)19(29,8-27-10-24-9-25-27)15-5-3-12(20)6-16(15)22/h2-7,9-11,29H,8,23H2,1H3,(H,26,28)/t11-,19-/m1/s1. The van der Waals surface area contributed by atoms with Gasteiger partial charge in [0.15, 0.2) is 0 Å². The van der Waals surface area contributed by atoms with Gasteiger partial charge >= 0.3 is 0 Å². The minimum absolute atomic E-state index is 0.0130. The van der Waals surface area contributed by atoms with Gasteiger partial charge in [0.25, 0.3) is 5.91 Å². The van der Waals surface area contributed by atoms with E-state index in [0.29, 0.717) is 6.07 Å². The topological polar surface area (TPSA) is 106 Å². The number of anilines is 1. The summed E-state index contributed by atoms with van der Waals surface area (Å²) in [7, 11) is 0. The zero-order chi connectivity index (χ0) is 21.2. The van der Waals surface area contributed by atoms with Gasteiger partial charge in [0.2, 0.25) is 0 Å². The van der Waals surface area contributed by atoms with Crippen molar-refractivity contribution in [1.29, 1.82) is 0 Å². The maximum absolute atomic E-state index is 14.5. The van der Waals surface area contributed by atoms with E-state index in [4.69, 9.17) is 5.73 Å². The van der Waals surface area contributed by atoms with Crippen molar-refractivity contribution in [3.8, 4) is 0 Å². The van der Waals surface area contributed by atoms with Crippen molar-refractivity contribution < 1.29 is 23.1 Å². The summed E-state index contributed by atoms with van der Waals surface area (Å²) < 4.78 is 42.3. The van der Waals surface area contributed by atoms with Crippen molar-refractivity contribution in [2.24, 2.45) is 0 Å². The minimum atomic E-state index is -2.02. The Morgan fingerprint density at radius 3 is 2.55 bits per heavy atom. The number of nitrogens with two attached hydrogens (primary N) is 1. The number of benzene rings is 2. The summed E-state index contributed by atoms with van der Waals surface area (Å²) in [5.41, 5.74) is 3.31. The lowest BCUT2D eigenvalue weighted by molar-refractivity contribution is -0.0186. The molecule has 0 bridgehead atoms. The molecule has 0 radical (unpaired) electrons. The fraction of sp³-hybridized carbons (Fsp3) is 0.211. The molecule has 1 aromatic heterocycles. The number of hydrogen-bond donors (Lipinski definition) is 3. The molecule has 152 valence electrons. The molecule has 0 spiro atoms. The number of carbonyl (C=O) groups excluding carboxylic acids is 1. The van der Waals surface area contributed by atoms with E-state index in [1.54, 1.807) is 0 Å². The molecule has 10 heteroatoms. The summed E-state index contributed by atoms with van der Waals surface area (Å²) in [5.74, 6) is -3.11. The highest BCUT2D eigenvalue weighted by Crippen LogP contribution is 2.30. The highest BCUT2D eigenvalue weighted by atomic mass is 19.1. The third-order valence-electron chi connectivity index (χ3n) is 4.59. The van der Waals surface area contributed by atoms with E-state index in [0.717, 1.165) is 24.3 Å². The Kier molecular flexibility index (Phi) is 5.55. The lowest BCUT2D eigenvalue weighted by Gasteiger charge is -2.35.